The maximum atomic E-state index is 14.2. The summed E-state index contributed by atoms with van der Waals surface area (Å²) in [5.74, 6) is -0.724. The maximum absolute atomic E-state index is 14.2. The molecule has 0 spiro atoms. The minimum Gasteiger partial charge on any atom is -0.356 e. The minimum atomic E-state index is -0.473. The molecule has 0 saturated carbocycles. The number of nitro groups is 1. The highest BCUT2D eigenvalue weighted by Gasteiger charge is 2.25. The van der Waals surface area contributed by atoms with E-state index in [2.05, 4.69) is 5.32 Å². The van der Waals surface area contributed by atoms with Gasteiger partial charge in [0.2, 0.25) is 5.91 Å². The summed E-state index contributed by atoms with van der Waals surface area (Å²) in [7, 11) is 0. The van der Waals surface area contributed by atoms with Crippen molar-refractivity contribution in [3.8, 4) is 0 Å². The van der Waals surface area contributed by atoms with Gasteiger partial charge in [-0.2, -0.15) is 0 Å². The summed E-state index contributed by atoms with van der Waals surface area (Å²) >= 11 is 0. The number of amides is 1. The zero-order valence-electron chi connectivity index (χ0n) is 19.8. The average Bonchev–Trinajstić information content (AvgIpc) is 3.19. The van der Waals surface area contributed by atoms with Crippen LogP contribution in [0.5, 0.6) is 0 Å². The molecule has 3 aromatic carbocycles. The van der Waals surface area contributed by atoms with Gasteiger partial charge in [0.1, 0.15) is 5.82 Å². The Labute approximate surface area is 203 Å². The van der Waals surface area contributed by atoms with Gasteiger partial charge in [-0.15, -0.1) is 0 Å². The maximum Gasteiger partial charge on any atom is 0.270 e. The number of benzene rings is 3. The van der Waals surface area contributed by atoms with Crippen LogP contribution in [0.15, 0.2) is 79.0 Å². The van der Waals surface area contributed by atoms with E-state index in [1.165, 1.54) is 18.2 Å². The van der Waals surface area contributed by atoms with E-state index in [0.717, 1.165) is 16.6 Å². The van der Waals surface area contributed by atoms with Crippen molar-refractivity contribution >= 4 is 22.5 Å². The van der Waals surface area contributed by atoms with Gasteiger partial charge >= 0.3 is 0 Å². The van der Waals surface area contributed by atoms with E-state index in [1.807, 2.05) is 54.9 Å². The van der Waals surface area contributed by atoms with Crippen LogP contribution in [0.25, 0.3) is 10.9 Å². The molecule has 7 heteroatoms. The number of hydrogen-bond acceptors (Lipinski definition) is 3. The molecular weight excluding hydrogens is 445 g/mol. The minimum absolute atomic E-state index is 0.0292. The summed E-state index contributed by atoms with van der Waals surface area (Å²) in [4.78, 5) is 24.0. The van der Waals surface area contributed by atoms with Crippen molar-refractivity contribution in [1.82, 2.24) is 9.88 Å². The van der Waals surface area contributed by atoms with Crippen LogP contribution in [0.2, 0.25) is 0 Å². The molecule has 1 aromatic heterocycles. The monoisotopic (exact) mass is 473 g/mol. The van der Waals surface area contributed by atoms with E-state index < -0.39 is 16.7 Å². The van der Waals surface area contributed by atoms with Crippen molar-refractivity contribution in [2.75, 3.05) is 6.54 Å². The van der Waals surface area contributed by atoms with Crippen molar-refractivity contribution in [1.29, 1.82) is 0 Å². The van der Waals surface area contributed by atoms with Crippen LogP contribution in [0.3, 0.4) is 0 Å². The second-order valence-corrected chi connectivity index (χ2v) is 9.17. The van der Waals surface area contributed by atoms with Gasteiger partial charge in [0.05, 0.1) is 4.92 Å². The summed E-state index contributed by atoms with van der Waals surface area (Å²) in [6.45, 7) is 5.13. The second-order valence-electron chi connectivity index (χ2n) is 9.17. The van der Waals surface area contributed by atoms with Gasteiger partial charge in [0.15, 0.2) is 0 Å². The molecule has 0 aliphatic rings. The van der Waals surface area contributed by atoms with Crippen molar-refractivity contribution in [3.05, 3.63) is 112 Å². The predicted molar refractivity (Wildman–Crippen MR) is 135 cm³/mol. The number of aromatic nitrogens is 1. The largest absolute Gasteiger partial charge is 0.356 e. The summed E-state index contributed by atoms with van der Waals surface area (Å²) in [5.41, 5.74) is 3.27. The fourth-order valence-electron chi connectivity index (χ4n) is 4.32. The fraction of sp³-hybridized carbons (Fsp3) is 0.250. The molecular formula is C28H28FN3O3. The van der Waals surface area contributed by atoms with E-state index in [-0.39, 0.29) is 18.0 Å². The van der Waals surface area contributed by atoms with Crippen LogP contribution in [0.4, 0.5) is 10.1 Å². The van der Waals surface area contributed by atoms with Gasteiger partial charge in [0.25, 0.3) is 5.69 Å². The number of halogens is 1. The third-order valence-electron chi connectivity index (χ3n) is 6.03. The Balaban J connectivity index is 1.84. The van der Waals surface area contributed by atoms with Crippen LogP contribution >= 0.6 is 0 Å². The first-order valence-corrected chi connectivity index (χ1v) is 11.6. The van der Waals surface area contributed by atoms with Crippen LogP contribution in [-0.4, -0.2) is 21.9 Å². The Morgan fingerprint density at radius 3 is 2.51 bits per heavy atom. The van der Waals surface area contributed by atoms with Crippen molar-refractivity contribution in [2.24, 2.45) is 5.92 Å². The molecule has 4 rings (SSSR count). The molecule has 0 bridgehead atoms. The fourth-order valence-corrected chi connectivity index (χ4v) is 4.32. The standard InChI is InChI=1S/C28H28FN3O3/c1-19(2)16-30-28(33)15-24(21-9-6-10-22(29)13-21)26-18-31(17-20-7-4-3-5-8-20)27-12-11-23(32(34)35)14-25(26)27/h3-14,18-19,24H,15-17H2,1-2H3,(H,30,33)/t24-/m1/s1. The molecule has 0 radical (unpaired) electrons. The molecule has 35 heavy (non-hydrogen) atoms. The normalized spacial score (nSPS) is 12.1. The number of nitrogens with zero attached hydrogens (tertiary/aromatic N) is 2. The third kappa shape index (κ3) is 5.74. The SMILES string of the molecule is CC(C)CNC(=O)C[C@H](c1cccc(F)c1)c1cn(Cc2ccccc2)c2ccc([N+](=O)[O-])cc12. The van der Waals surface area contributed by atoms with Gasteiger partial charge < -0.3 is 9.88 Å². The molecule has 4 aromatic rings. The summed E-state index contributed by atoms with van der Waals surface area (Å²) in [6, 6.07) is 20.9. The number of non-ortho nitro benzene ring substituents is 1. The molecule has 0 fully saturated rings. The first-order chi connectivity index (χ1) is 16.8. The molecule has 0 aliphatic heterocycles. The third-order valence-corrected chi connectivity index (χ3v) is 6.03. The lowest BCUT2D eigenvalue weighted by molar-refractivity contribution is -0.384. The number of carbonyl (C=O) groups excluding carboxylic acids is 1. The highest BCUT2D eigenvalue weighted by atomic mass is 19.1. The number of rotatable bonds is 9. The summed E-state index contributed by atoms with van der Waals surface area (Å²) in [5, 5.41) is 15.2. The molecule has 1 N–H and O–H groups in total. The lowest BCUT2D eigenvalue weighted by Crippen LogP contribution is -2.28. The van der Waals surface area contributed by atoms with Gasteiger partial charge in [-0.05, 0) is 40.8 Å². The Morgan fingerprint density at radius 1 is 1.06 bits per heavy atom. The molecule has 0 aliphatic carbocycles. The van der Waals surface area contributed by atoms with Crippen molar-refractivity contribution in [3.63, 3.8) is 0 Å². The smallest absolute Gasteiger partial charge is 0.270 e. The molecule has 0 unspecified atom stereocenters. The Bertz CT molecular complexity index is 1350. The Hall–Kier alpha value is -4.00. The quantitative estimate of drug-likeness (QED) is 0.238. The molecule has 0 saturated heterocycles. The van der Waals surface area contributed by atoms with E-state index in [4.69, 9.17) is 0 Å². The second kappa shape index (κ2) is 10.5. The van der Waals surface area contributed by atoms with Gasteiger partial charge in [-0.3, -0.25) is 14.9 Å². The number of nitrogens with one attached hydrogen (secondary N) is 1. The Kier molecular flexibility index (Phi) is 7.25. The predicted octanol–water partition coefficient (Wildman–Crippen LogP) is 6.03. The van der Waals surface area contributed by atoms with Crippen LogP contribution in [0, 0.1) is 21.8 Å². The lowest BCUT2D eigenvalue weighted by Gasteiger charge is -2.18. The number of nitro benzene ring substituents is 1. The summed E-state index contributed by atoms with van der Waals surface area (Å²) in [6.07, 6.45) is 2.04. The van der Waals surface area contributed by atoms with Crippen molar-refractivity contribution < 1.29 is 14.1 Å². The zero-order valence-corrected chi connectivity index (χ0v) is 19.8. The highest BCUT2D eigenvalue weighted by molar-refractivity contribution is 5.88. The number of hydrogen-bond donors (Lipinski definition) is 1. The van der Waals surface area contributed by atoms with Crippen LogP contribution < -0.4 is 5.32 Å². The average molecular weight is 474 g/mol. The Morgan fingerprint density at radius 2 is 1.83 bits per heavy atom. The van der Waals surface area contributed by atoms with E-state index in [1.54, 1.807) is 24.3 Å². The molecule has 6 nitrogen and oxygen atoms in total. The van der Waals surface area contributed by atoms with Crippen LogP contribution in [-0.2, 0) is 11.3 Å². The molecule has 1 atom stereocenters. The zero-order chi connectivity index (χ0) is 24.9. The molecule has 180 valence electrons. The lowest BCUT2D eigenvalue weighted by atomic mass is 9.87. The molecule has 1 heterocycles. The summed E-state index contributed by atoms with van der Waals surface area (Å²) < 4.78 is 16.2. The van der Waals surface area contributed by atoms with E-state index in [9.17, 15) is 19.3 Å². The first kappa shape index (κ1) is 24.1. The van der Waals surface area contributed by atoms with E-state index in [0.29, 0.717) is 30.0 Å². The van der Waals surface area contributed by atoms with Gasteiger partial charge in [-0.25, -0.2) is 4.39 Å². The number of fused-ring (bicyclic) bond motifs is 1. The van der Waals surface area contributed by atoms with Gasteiger partial charge in [-0.1, -0.05) is 56.3 Å². The first-order valence-electron chi connectivity index (χ1n) is 11.6. The van der Waals surface area contributed by atoms with E-state index >= 15 is 0 Å². The van der Waals surface area contributed by atoms with Crippen LogP contribution in [0.1, 0.15) is 42.9 Å². The molecule has 1 amide bonds. The number of carbonyl (C=O) groups is 1. The topological polar surface area (TPSA) is 77.2 Å². The highest BCUT2D eigenvalue weighted by Crippen LogP contribution is 2.37. The van der Waals surface area contributed by atoms with Gasteiger partial charge in [0, 0.05) is 54.7 Å². The van der Waals surface area contributed by atoms with Crippen molar-refractivity contribution in [2.45, 2.75) is 32.7 Å².